The van der Waals surface area contributed by atoms with Crippen molar-refractivity contribution in [3.8, 4) is 10.6 Å². The Bertz CT molecular complexity index is 1060. The van der Waals surface area contributed by atoms with Gasteiger partial charge in [0.1, 0.15) is 5.69 Å². The minimum atomic E-state index is -0.00998. The zero-order valence-corrected chi connectivity index (χ0v) is 19.4. The molecule has 2 N–H and O–H groups in total. The average Bonchev–Trinajstić information content (AvgIpc) is 3.21. The number of hydrogen-bond acceptors (Lipinski definition) is 7. The number of benzene rings is 1. The summed E-state index contributed by atoms with van der Waals surface area (Å²) >= 11 is 8.00. The van der Waals surface area contributed by atoms with Crippen molar-refractivity contribution in [2.24, 2.45) is 0 Å². The molecule has 3 aromatic rings. The van der Waals surface area contributed by atoms with Crippen LogP contribution in [0.25, 0.3) is 20.7 Å². The molecule has 31 heavy (non-hydrogen) atoms. The highest BCUT2D eigenvalue weighted by Crippen LogP contribution is 2.36. The van der Waals surface area contributed by atoms with Gasteiger partial charge >= 0.3 is 0 Å². The first-order valence-corrected chi connectivity index (χ1v) is 11.7. The van der Waals surface area contributed by atoms with Crippen LogP contribution in [0.15, 0.2) is 30.5 Å². The van der Waals surface area contributed by atoms with E-state index in [0.29, 0.717) is 22.2 Å². The largest absolute Gasteiger partial charge is 0.354 e. The summed E-state index contributed by atoms with van der Waals surface area (Å²) in [5.74, 6) is 0.574. The first-order chi connectivity index (χ1) is 15.0. The van der Waals surface area contributed by atoms with Crippen LogP contribution in [0.3, 0.4) is 0 Å². The maximum absolute atomic E-state index is 12.3. The fraction of sp³-hybridized carbons (Fsp3) is 0.409. The Kier molecular flexibility index (Phi) is 7.02. The van der Waals surface area contributed by atoms with E-state index < -0.39 is 0 Å². The normalized spacial score (nSPS) is 14.7. The van der Waals surface area contributed by atoms with Crippen LogP contribution >= 0.6 is 22.9 Å². The number of fused-ring (bicyclic) bond motifs is 1. The lowest BCUT2D eigenvalue weighted by molar-refractivity contribution is 0.0828. The zero-order valence-electron chi connectivity index (χ0n) is 17.8. The molecule has 0 radical (unpaired) electrons. The summed E-state index contributed by atoms with van der Waals surface area (Å²) in [7, 11) is 3.51. The van der Waals surface area contributed by atoms with Gasteiger partial charge in [0, 0.05) is 57.1 Å². The van der Waals surface area contributed by atoms with E-state index in [1.807, 2.05) is 18.2 Å². The van der Waals surface area contributed by atoms with Gasteiger partial charge in [-0.2, -0.15) is 0 Å². The van der Waals surface area contributed by atoms with Gasteiger partial charge in [-0.05, 0) is 36.6 Å². The molecule has 4 rings (SSSR count). The number of amides is 1. The summed E-state index contributed by atoms with van der Waals surface area (Å²) in [5.41, 5.74) is 1.38. The highest BCUT2D eigenvalue weighted by atomic mass is 35.5. The molecule has 1 amide bonds. The zero-order chi connectivity index (χ0) is 21.8. The molecule has 0 bridgehead atoms. The van der Waals surface area contributed by atoms with Gasteiger partial charge in [-0.3, -0.25) is 4.79 Å². The molecule has 164 valence electrons. The van der Waals surface area contributed by atoms with Crippen LogP contribution < -0.4 is 10.6 Å². The second kappa shape index (κ2) is 9.91. The van der Waals surface area contributed by atoms with E-state index in [0.717, 1.165) is 60.7 Å². The van der Waals surface area contributed by atoms with Crippen LogP contribution in [0, 0.1) is 0 Å². The molecule has 9 heteroatoms. The lowest BCUT2D eigenvalue weighted by atomic mass is 10.1. The third-order valence-electron chi connectivity index (χ3n) is 5.29. The maximum atomic E-state index is 12.3. The third-order valence-corrected chi connectivity index (χ3v) is 6.68. The summed E-state index contributed by atoms with van der Waals surface area (Å²) < 4.78 is 1.03. The number of hydrogen-bond donors (Lipinski definition) is 2. The van der Waals surface area contributed by atoms with Gasteiger partial charge in [-0.1, -0.05) is 17.7 Å². The van der Waals surface area contributed by atoms with E-state index in [1.165, 1.54) is 0 Å². The van der Waals surface area contributed by atoms with Gasteiger partial charge in [0.15, 0.2) is 0 Å². The number of nitrogens with one attached hydrogen (secondary N) is 2. The molecule has 0 spiro atoms. The van der Waals surface area contributed by atoms with E-state index in [2.05, 4.69) is 31.6 Å². The molecule has 0 saturated carbocycles. The Hall–Kier alpha value is -2.26. The minimum Gasteiger partial charge on any atom is -0.354 e. The third kappa shape index (κ3) is 5.33. The summed E-state index contributed by atoms with van der Waals surface area (Å²) in [5, 5.41) is 8.28. The second-order valence-electron chi connectivity index (χ2n) is 7.82. The number of anilines is 1. The number of rotatable bonds is 7. The fourth-order valence-corrected chi connectivity index (χ4v) is 4.96. The summed E-state index contributed by atoms with van der Waals surface area (Å²) in [4.78, 5) is 26.3. The first-order valence-electron chi connectivity index (χ1n) is 10.5. The van der Waals surface area contributed by atoms with Crippen molar-refractivity contribution >= 4 is 44.9 Å². The van der Waals surface area contributed by atoms with Crippen LogP contribution in [0.2, 0.25) is 5.02 Å². The summed E-state index contributed by atoms with van der Waals surface area (Å²) in [6, 6.07) is 7.81. The van der Waals surface area contributed by atoms with Crippen LogP contribution in [-0.2, 0) is 0 Å². The highest BCUT2D eigenvalue weighted by molar-refractivity contribution is 7.22. The lowest BCUT2D eigenvalue weighted by Crippen LogP contribution is -2.44. The van der Waals surface area contributed by atoms with Crippen LogP contribution in [-0.4, -0.2) is 79.0 Å². The average molecular weight is 459 g/mol. The molecular weight excluding hydrogens is 432 g/mol. The molecule has 1 saturated heterocycles. The molecule has 1 aromatic carbocycles. The van der Waals surface area contributed by atoms with Gasteiger partial charge in [0.2, 0.25) is 5.95 Å². The van der Waals surface area contributed by atoms with Gasteiger partial charge in [-0.15, -0.1) is 11.3 Å². The summed E-state index contributed by atoms with van der Waals surface area (Å²) in [6.07, 6.45) is 2.68. The molecule has 2 aromatic heterocycles. The Morgan fingerprint density at radius 2 is 2.10 bits per heavy atom. The van der Waals surface area contributed by atoms with E-state index >= 15 is 0 Å². The van der Waals surface area contributed by atoms with Crippen LogP contribution in [0.4, 0.5) is 5.95 Å². The first kappa shape index (κ1) is 22.0. The van der Waals surface area contributed by atoms with Crippen molar-refractivity contribution in [2.45, 2.75) is 6.42 Å². The molecular formula is C22H27ClN6OS. The lowest BCUT2D eigenvalue weighted by Gasteiger charge is -2.27. The maximum Gasteiger partial charge on any atom is 0.253 e. The Morgan fingerprint density at radius 3 is 2.87 bits per heavy atom. The van der Waals surface area contributed by atoms with Crippen molar-refractivity contribution in [3.05, 3.63) is 41.0 Å². The molecule has 1 aliphatic rings. The van der Waals surface area contributed by atoms with Crippen LogP contribution in [0.5, 0.6) is 0 Å². The van der Waals surface area contributed by atoms with E-state index in [9.17, 15) is 4.79 Å². The van der Waals surface area contributed by atoms with Gasteiger partial charge < -0.3 is 20.4 Å². The number of halogens is 1. The highest BCUT2D eigenvalue weighted by Gasteiger charge is 2.14. The second-order valence-corrected chi connectivity index (χ2v) is 9.32. The SMILES string of the molecule is CN(C)C(=O)c1ccc2cc(-c3nc(NCCCN4CCNCC4)ncc3Cl)sc2c1. The van der Waals surface area contributed by atoms with Gasteiger partial charge in [-0.25, -0.2) is 9.97 Å². The van der Waals surface area contributed by atoms with Gasteiger partial charge in [0.25, 0.3) is 5.91 Å². The van der Waals surface area contributed by atoms with E-state index in [1.54, 1.807) is 36.5 Å². The Labute approximate surface area is 191 Å². The van der Waals surface area contributed by atoms with Crippen molar-refractivity contribution in [1.82, 2.24) is 25.1 Å². The van der Waals surface area contributed by atoms with E-state index in [4.69, 9.17) is 11.6 Å². The number of nitrogens with zero attached hydrogens (tertiary/aromatic N) is 4. The number of aromatic nitrogens is 2. The quantitative estimate of drug-likeness (QED) is 0.528. The number of piperazine rings is 1. The molecule has 1 fully saturated rings. The molecule has 1 aliphatic heterocycles. The molecule has 0 atom stereocenters. The number of carbonyl (C=O) groups excluding carboxylic acids is 1. The van der Waals surface area contributed by atoms with Crippen LogP contribution in [0.1, 0.15) is 16.8 Å². The Balaban J connectivity index is 1.46. The molecule has 0 unspecified atom stereocenters. The molecule has 3 heterocycles. The Morgan fingerprint density at radius 1 is 1.29 bits per heavy atom. The standard InChI is InChI=1S/C22H27ClN6OS/c1-28(2)21(30)16-5-4-15-12-19(31-18(15)13-16)20-17(23)14-26-22(27-20)25-6-3-9-29-10-7-24-8-11-29/h4-5,12-14,24H,3,6-11H2,1-2H3,(H,25,26,27). The van der Waals surface area contributed by atoms with Crippen molar-refractivity contribution < 1.29 is 4.79 Å². The molecule has 7 nitrogen and oxygen atoms in total. The van der Waals surface area contributed by atoms with Crippen molar-refractivity contribution in [2.75, 3.05) is 58.7 Å². The monoisotopic (exact) mass is 458 g/mol. The van der Waals surface area contributed by atoms with Gasteiger partial charge in [0.05, 0.1) is 16.1 Å². The minimum absolute atomic E-state index is 0.00998. The fourth-order valence-electron chi connectivity index (χ4n) is 3.60. The molecule has 0 aliphatic carbocycles. The topological polar surface area (TPSA) is 73.4 Å². The van der Waals surface area contributed by atoms with Crippen molar-refractivity contribution in [3.63, 3.8) is 0 Å². The number of thiophene rings is 1. The van der Waals surface area contributed by atoms with E-state index in [-0.39, 0.29) is 5.91 Å². The predicted octanol–water partition coefficient (Wildman–Crippen LogP) is 3.42. The smallest absolute Gasteiger partial charge is 0.253 e. The number of carbonyl (C=O) groups is 1. The van der Waals surface area contributed by atoms with Crippen molar-refractivity contribution in [1.29, 1.82) is 0 Å². The predicted molar refractivity (Wildman–Crippen MR) is 128 cm³/mol. The summed E-state index contributed by atoms with van der Waals surface area (Å²) in [6.45, 7) is 6.23.